The number of aryl methyl sites for hydroxylation is 2. The van der Waals surface area contributed by atoms with Crippen LogP contribution in [0, 0.1) is 13.8 Å². The van der Waals surface area contributed by atoms with Crippen LogP contribution in [0.15, 0.2) is 65.7 Å². The van der Waals surface area contributed by atoms with Crippen molar-refractivity contribution < 1.29 is 13.2 Å². The molecule has 7 nitrogen and oxygen atoms in total. The van der Waals surface area contributed by atoms with Crippen LogP contribution in [0.5, 0.6) is 5.75 Å². The van der Waals surface area contributed by atoms with Crippen LogP contribution in [0.4, 0.5) is 5.69 Å². The third-order valence-corrected chi connectivity index (χ3v) is 5.97. The number of aromatic nitrogens is 3. The quantitative estimate of drug-likeness (QED) is 0.543. The smallest absolute Gasteiger partial charge is 0.265 e. The van der Waals surface area contributed by atoms with Crippen LogP contribution in [0.25, 0.3) is 16.8 Å². The topological polar surface area (TPSA) is 85.6 Å². The van der Waals surface area contributed by atoms with Crippen molar-refractivity contribution in [2.45, 2.75) is 18.7 Å². The number of methoxy groups -OCH3 is 1. The molecule has 0 atom stereocenters. The zero-order chi connectivity index (χ0) is 20.6. The summed E-state index contributed by atoms with van der Waals surface area (Å²) in [4.78, 5) is 4.63. The second kappa shape index (κ2) is 7.21. The van der Waals surface area contributed by atoms with Crippen LogP contribution < -0.4 is 9.46 Å². The van der Waals surface area contributed by atoms with Crippen LogP contribution >= 0.6 is 0 Å². The normalized spacial score (nSPS) is 11.6. The number of sulfonamides is 1. The van der Waals surface area contributed by atoms with Gasteiger partial charge in [-0.2, -0.15) is 5.10 Å². The van der Waals surface area contributed by atoms with Gasteiger partial charge in [0, 0.05) is 22.6 Å². The molecule has 4 aromatic rings. The van der Waals surface area contributed by atoms with E-state index in [1.807, 2.05) is 26.0 Å². The third kappa shape index (κ3) is 3.54. The van der Waals surface area contributed by atoms with Crippen molar-refractivity contribution in [3.8, 4) is 16.9 Å². The van der Waals surface area contributed by atoms with Gasteiger partial charge in [0.25, 0.3) is 10.0 Å². The standard InChI is InChI=1S/C21H20N4O3S/c1-14-11-15(2)25-21(23-14)18(13-22-25)16-9-10-19(28-3)20(12-16)29(26,27)24-17-7-5-4-6-8-17/h4-13,24H,1-3H3. The lowest BCUT2D eigenvalue weighted by Crippen LogP contribution is -2.14. The number of anilines is 1. The molecule has 1 N–H and O–H groups in total. The average molecular weight is 408 g/mol. The molecule has 0 fully saturated rings. The largest absolute Gasteiger partial charge is 0.495 e. The Morgan fingerprint density at radius 3 is 2.52 bits per heavy atom. The Bertz CT molecular complexity index is 1300. The number of nitrogens with one attached hydrogen (secondary N) is 1. The van der Waals surface area contributed by atoms with Crippen molar-refractivity contribution in [1.82, 2.24) is 14.6 Å². The number of fused-ring (bicyclic) bond motifs is 1. The molecule has 0 saturated carbocycles. The van der Waals surface area contributed by atoms with E-state index in [0.717, 1.165) is 17.0 Å². The van der Waals surface area contributed by atoms with Gasteiger partial charge >= 0.3 is 0 Å². The van der Waals surface area contributed by atoms with Gasteiger partial charge in [-0.05, 0) is 49.7 Å². The minimum Gasteiger partial charge on any atom is -0.495 e. The monoisotopic (exact) mass is 408 g/mol. The van der Waals surface area contributed by atoms with Crippen LogP contribution in [-0.4, -0.2) is 30.1 Å². The van der Waals surface area contributed by atoms with Crippen molar-refractivity contribution in [2.75, 3.05) is 11.8 Å². The Labute approximate surface area is 169 Å². The van der Waals surface area contributed by atoms with E-state index in [1.165, 1.54) is 7.11 Å². The summed E-state index contributed by atoms with van der Waals surface area (Å²) in [6, 6.07) is 15.7. The first-order valence-electron chi connectivity index (χ1n) is 8.97. The second-order valence-electron chi connectivity index (χ2n) is 6.67. The van der Waals surface area contributed by atoms with Gasteiger partial charge in [-0.25, -0.2) is 17.9 Å². The predicted molar refractivity (Wildman–Crippen MR) is 112 cm³/mol. The fourth-order valence-corrected chi connectivity index (χ4v) is 4.50. The predicted octanol–water partition coefficient (Wildman–Crippen LogP) is 3.82. The van der Waals surface area contributed by atoms with E-state index in [9.17, 15) is 8.42 Å². The summed E-state index contributed by atoms with van der Waals surface area (Å²) in [5.74, 6) is 0.258. The lowest BCUT2D eigenvalue weighted by atomic mass is 10.1. The van der Waals surface area contributed by atoms with Crippen LogP contribution in [-0.2, 0) is 10.0 Å². The average Bonchev–Trinajstić information content (AvgIpc) is 3.12. The second-order valence-corrected chi connectivity index (χ2v) is 8.32. The van der Waals surface area contributed by atoms with E-state index in [2.05, 4.69) is 14.8 Å². The molecule has 8 heteroatoms. The Hall–Kier alpha value is -3.39. The lowest BCUT2D eigenvalue weighted by molar-refractivity contribution is 0.403. The fraction of sp³-hybridized carbons (Fsp3) is 0.143. The number of hydrogen-bond acceptors (Lipinski definition) is 5. The minimum atomic E-state index is -3.86. The summed E-state index contributed by atoms with van der Waals surface area (Å²) in [5.41, 5.74) is 4.40. The number of para-hydroxylation sites is 1. The molecule has 0 amide bonds. The Balaban J connectivity index is 1.84. The highest BCUT2D eigenvalue weighted by atomic mass is 32.2. The van der Waals surface area contributed by atoms with Crippen molar-refractivity contribution in [3.05, 3.63) is 72.2 Å². The van der Waals surface area contributed by atoms with Gasteiger partial charge in [0.1, 0.15) is 10.6 Å². The first-order valence-corrected chi connectivity index (χ1v) is 10.5. The molecule has 0 aliphatic rings. The lowest BCUT2D eigenvalue weighted by Gasteiger charge is -2.13. The maximum Gasteiger partial charge on any atom is 0.265 e. The Morgan fingerprint density at radius 1 is 1.03 bits per heavy atom. The summed E-state index contributed by atoms with van der Waals surface area (Å²) in [6.45, 7) is 3.86. The van der Waals surface area contributed by atoms with E-state index >= 15 is 0 Å². The molecule has 0 aliphatic carbocycles. The summed E-state index contributed by atoms with van der Waals surface area (Å²) >= 11 is 0. The van der Waals surface area contributed by atoms with E-state index in [0.29, 0.717) is 16.9 Å². The summed E-state index contributed by atoms with van der Waals surface area (Å²) in [7, 11) is -2.42. The summed E-state index contributed by atoms with van der Waals surface area (Å²) in [6.07, 6.45) is 1.69. The van der Waals surface area contributed by atoms with Crippen molar-refractivity contribution >= 4 is 21.4 Å². The zero-order valence-electron chi connectivity index (χ0n) is 16.2. The van der Waals surface area contributed by atoms with Crippen LogP contribution in [0.2, 0.25) is 0 Å². The first-order chi connectivity index (χ1) is 13.9. The molecule has 148 valence electrons. The SMILES string of the molecule is COc1ccc(-c2cnn3c(C)cc(C)nc23)cc1S(=O)(=O)Nc1ccccc1. The number of nitrogens with zero attached hydrogens (tertiary/aromatic N) is 3. The van der Waals surface area contributed by atoms with Crippen molar-refractivity contribution in [1.29, 1.82) is 0 Å². The molecule has 0 spiro atoms. The minimum absolute atomic E-state index is 0.0464. The first kappa shape index (κ1) is 18.9. The molecule has 0 aliphatic heterocycles. The molecule has 2 aromatic heterocycles. The highest BCUT2D eigenvalue weighted by Gasteiger charge is 2.22. The van der Waals surface area contributed by atoms with E-state index < -0.39 is 10.0 Å². The van der Waals surface area contributed by atoms with Gasteiger partial charge in [-0.15, -0.1) is 0 Å². The van der Waals surface area contributed by atoms with Gasteiger partial charge in [0.2, 0.25) is 0 Å². The maximum absolute atomic E-state index is 13.0. The highest BCUT2D eigenvalue weighted by molar-refractivity contribution is 7.92. The van der Waals surface area contributed by atoms with E-state index in [4.69, 9.17) is 4.74 Å². The zero-order valence-corrected chi connectivity index (χ0v) is 17.1. The summed E-state index contributed by atoms with van der Waals surface area (Å²) < 4.78 is 35.7. The molecule has 2 aromatic carbocycles. The van der Waals surface area contributed by atoms with Crippen molar-refractivity contribution in [2.24, 2.45) is 0 Å². The number of ether oxygens (including phenoxy) is 1. The molecule has 0 radical (unpaired) electrons. The third-order valence-electron chi connectivity index (χ3n) is 4.57. The Kier molecular flexibility index (Phi) is 4.71. The van der Waals surface area contributed by atoms with E-state index in [-0.39, 0.29) is 10.6 Å². The Morgan fingerprint density at radius 2 is 1.79 bits per heavy atom. The van der Waals surface area contributed by atoms with Crippen LogP contribution in [0.1, 0.15) is 11.4 Å². The number of rotatable bonds is 5. The summed E-state index contributed by atoms with van der Waals surface area (Å²) in [5, 5.41) is 4.40. The highest BCUT2D eigenvalue weighted by Crippen LogP contribution is 2.32. The molecular formula is C21H20N4O3S. The number of benzene rings is 2. The van der Waals surface area contributed by atoms with Gasteiger partial charge in [0.05, 0.1) is 13.3 Å². The molecule has 0 saturated heterocycles. The van der Waals surface area contributed by atoms with Crippen molar-refractivity contribution in [3.63, 3.8) is 0 Å². The van der Waals surface area contributed by atoms with Gasteiger partial charge in [0.15, 0.2) is 5.65 Å². The fourth-order valence-electron chi connectivity index (χ4n) is 3.24. The number of hydrogen-bond donors (Lipinski definition) is 1. The van der Waals surface area contributed by atoms with Gasteiger partial charge in [-0.1, -0.05) is 24.3 Å². The van der Waals surface area contributed by atoms with Crippen LogP contribution in [0.3, 0.4) is 0 Å². The van der Waals surface area contributed by atoms with Gasteiger partial charge < -0.3 is 4.74 Å². The molecular weight excluding hydrogens is 388 g/mol. The van der Waals surface area contributed by atoms with E-state index in [1.54, 1.807) is 53.2 Å². The molecule has 4 rings (SSSR count). The molecule has 2 heterocycles. The molecule has 0 bridgehead atoms. The molecule has 29 heavy (non-hydrogen) atoms. The molecule has 0 unspecified atom stereocenters. The maximum atomic E-state index is 13.0. The van der Waals surface area contributed by atoms with Gasteiger partial charge in [-0.3, -0.25) is 4.72 Å².